The highest BCUT2D eigenvalue weighted by molar-refractivity contribution is 6.44. The van der Waals surface area contributed by atoms with Crippen LogP contribution in [0.2, 0.25) is 15.1 Å². The van der Waals surface area contributed by atoms with Crippen LogP contribution in [0.5, 0.6) is 0 Å². The third-order valence-electron chi connectivity index (χ3n) is 4.45. The van der Waals surface area contributed by atoms with Gasteiger partial charge >= 0.3 is 0 Å². The lowest BCUT2D eigenvalue weighted by molar-refractivity contribution is -0.116. The quantitative estimate of drug-likeness (QED) is 0.355. The fourth-order valence-electron chi connectivity index (χ4n) is 3.01. The molecule has 5 nitrogen and oxygen atoms in total. The molecule has 2 aromatic carbocycles. The van der Waals surface area contributed by atoms with Gasteiger partial charge < -0.3 is 5.32 Å². The number of nitrogens with zero attached hydrogens (tertiary/aromatic N) is 1. The number of carbonyl (C=O) groups is 3. The van der Waals surface area contributed by atoms with E-state index in [-0.39, 0.29) is 17.7 Å². The number of halogens is 3. The minimum absolute atomic E-state index is 0.194. The first-order valence-corrected chi connectivity index (χ1v) is 9.91. The molecule has 0 aromatic heterocycles. The van der Waals surface area contributed by atoms with Crippen LogP contribution < -0.4 is 5.32 Å². The monoisotopic (exact) mass is 438 g/mol. The summed E-state index contributed by atoms with van der Waals surface area (Å²) in [6, 6.07) is 9.79. The number of hydrogen-bond acceptors (Lipinski definition) is 3. The van der Waals surface area contributed by atoms with Crippen molar-refractivity contribution in [1.82, 2.24) is 4.90 Å². The molecule has 0 saturated heterocycles. The summed E-state index contributed by atoms with van der Waals surface area (Å²) in [5.74, 6) is -0.707. The van der Waals surface area contributed by atoms with Gasteiger partial charge in [-0.2, -0.15) is 0 Å². The zero-order valence-corrected chi connectivity index (χ0v) is 17.1. The molecule has 0 unspecified atom stereocenters. The van der Waals surface area contributed by atoms with E-state index in [4.69, 9.17) is 34.8 Å². The first kappa shape index (κ1) is 20.6. The van der Waals surface area contributed by atoms with Crippen molar-refractivity contribution in [3.05, 3.63) is 62.6 Å². The van der Waals surface area contributed by atoms with Crippen molar-refractivity contribution in [3.8, 4) is 0 Å². The molecule has 0 bridgehead atoms. The Hall–Kier alpha value is -2.08. The molecule has 0 fully saturated rings. The van der Waals surface area contributed by atoms with E-state index in [1.54, 1.807) is 24.3 Å². The zero-order chi connectivity index (χ0) is 20.3. The Balaban J connectivity index is 1.42. The highest BCUT2D eigenvalue weighted by Gasteiger charge is 2.34. The maximum absolute atomic E-state index is 12.3. The summed E-state index contributed by atoms with van der Waals surface area (Å²) in [6.45, 7) is 0.340. The standard InChI is InChI=1S/C20H17Cl3N2O3/c21-14-10-16(23)17(11-15(14)22)24-18(26)8-2-1-5-9-25-19(27)12-6-3-4-7-13(12)20(25)28/h3-4,6-7,10-11H,1-2,5,8-9H2,(H,24,26). The van der Waals surface area contributed by atoms with Crippen molar-refractivity contribution in [1.29, 1.82) is 0 Å². The molecule has 3 rings (SSSR count). The molecular weight excluding hydrogens is 423 g/mol. The van der Waals surface area contributed by atoms with Gasteiger partial charge in [-0.3, -0.25) is 19.3 Å². The Labute approximate surface area is 177 Å². The van der Waals surface area contributed by atoms with E-state index in [1.165, 1.54) is 17.0 Å². The SMILES string of the molecule is O=C(CCCCCN1C(=O)c2ccccc2C1=O)Nc1cc(Cl)c(Cl)cc1Cl. The highest BCUT2D eigenvalue weighted by Crippen LogP contribution is 2.32. The number of imide groups is 1. The van der Waals surface area contributed by atoms with Crippen LogP contribution >= 0.6 is 34.8 Å². The average Bonchev–Trinajstić information content (AvgIpc) is 2.91. The van der Waals surface area contributed by atoms with Gasteiger partial charge in [-0.25, -0.2) is 0 Å². The maximum atomic E-state index is 12.3. The van der Waals surface area contributed by atoms with E-state index >= 15 is 0 Å². The fraction of sp³-hybridized carbons (Fsp3) is 0.250. The second-order valence-corrected chi connectivity index (χ2v) is 7.63. The lowest BCUT2D eigenvalue weighted by Gasteiger charge is -2.13. The number of carbonyl (C=O) groups excluding carboxylic acids is 3. The average molecular weight is 440 g/mol. The van der Waals surface area contributed by atoms with E-state index < -0.39 is 0 Å². The van der Waals surface area contributed by atoms with Crippen molar-refractivity contribution < 1.29 is 14.4 Å². The van der Waals surface area contributed by atoms with Crippen LogP contribution in [0.1, 0.15) is 46.4 Å². The van der Waals surface area contributed by atoms with Gasteiger partial charge in [0.1, 0.15) is 0 Å². The Bertz CT molecular complexity index is 911. The van der Waals surface area contributed by atoms with E-state index in [0.717, 1.165) is 0 Å². The van der Waals surface area contributed by atoms with Gasteiger partial charge in [0.15, 0.2) is 0 Å². The molecule has 3 amide bonds. The summed E-state index contributed by atoms with van der Waals surface area (Å²) in [7, 11) is 0. The third kappa shape index (κ3) is 4.49. The first-order chi connectivity index (χ1) is 13.4. The first-order valence-electron chi connectivity index (χ1n) is 8.78. The van der Waals surface area contributed by atoms with E-state index in [0.29, 0.717) is 64.1 Å². The van der Waals surface area contributed by atoms with Crippen molar-refractivity contribution in [2.24, 2.45) is 0 Å². The van der Waals surface area contributed by atoms with Gasteiger partial charge in [-0.1, -0.05) is 53.4 Å². The predicted octanol–water partition coefficient (Wildman–Crippen LogP) is 5.44. The second-order valence-electron chi connectivity index (χ2n) is 6.41. The second kappa shape index (κ2) is 8.95. The fourth-order valence-corrected chi connectivity index (χ4v) is 3.60. The number of nitrogens with one attached hydrogen (secondary N) is 1. The number of unbranched alkanes of at least 4 members (excludes halogenated alkanes) is 2. The molecule has 8 heteroatoms. The lowest BCUT2D eigenvalue weighted by atomic mass is 10.1. The van der Waals surface area contributed by atoms with E-state index in [1.807, 2.05) is 0 Å². The zero-order valence-electron chi connectivity index (χ0n) is 14.8. The van der Waals surface area contributed by atoms with Crippen molar-refractivity contribution in [2.45, 2.75) is 25.7 Å². The van der Waals surface area contributed by atoms with Gasteiger partial charge in [0, 0.05) is 13.0 Å². The highest BCUT2D eigenvalue weighted by atomic mass is 35.5. The van der Waals surface area contributed by atoms with Crippen molar-refractivity contribution in [3.63, 3.8) is 0 Å². The summed E-state index contributed by atoms with van der Waals surface area (Å²) >= 11 is 17.8. The summed E-state index contributed by atoms with van der Waals surface area (Å²) in [5.41, 5.74) is 1.31. The molecule has 1 heterocycles. The Morgan fingerprint density at radius 1 is 0.857 bits per heavy atom. The molecule has 1 aliphatic rings. The van der Waals surface area contributed by atoms with Crippen LogP contribution in [-0.2, 0) is 4.79 Å². The van der Waals surface area contributed by atoms with Gasteiger partial charge in [-0.05, 0) is 37.1 Å². The lowest BCUT2D eigenvalue weighted by Crippen LogP contribution is -2.30. The molecule has 0 radical (unpaired) electrons. The van der Waals surface area contributed by atoms with Crippen molar-refractivity contribution in [2.75, 3.05) is 11.9 Å². The van der Waals surface area contributed by atoms with E-state index in [9.17, 15) is 14.4 Å². The predicted molar refractivity (Wildman–Crippen MR) is 110 cm³/mol. The molecule has 2 aromatic rings. The third-order valence-corrected chi connectivity index (χ3v) is 5.48. The molecule has 0 atom stereocenters. The Kier molecular flexibility index (Phi) is 6.60. The number of anilines is 1. The molecule has 28 heavy (non-hydrogen) atoms. The number of benzene rings is 2. The summed E-state index contributed by atoms with van der Waals surface area (Å²) < 4.78 is 0. The number of rotatable bonds is 7. The molecule has 1 aliphatic heterocycles. The van der Waals surface area contributed by atoms with Gasteiger partial charge in [0.25, 0.3) is 11.8 Å². The summed E-state index contributed by atoms with van der Waals surface area (Å²) in [6.07, 6.45) is 2.24. The maximum Gasteiger partial charge on any atom is 0.261 e. The number of hydrogen-bond donors (Lipinski definition) is 1. The molecule has 0 spiro atoms. The molecular formula is C20H17Cl3N2O3. The Morgan fingerprint density at radius 3 is 2.11 bits per heavy atom. The topological polar surface area (TPSA) is 66.5 Å². The summed E-state index contributed by atoms with van der Waals surface area (Å²) in [5, 5.41) is 3.64. The van der Waals surface area contributed by atoms with Crippen LogP contribution in [-0.4, -0.2) is 29.2 Å². The van der Waals surface area contributed by atoms with Crippen LogP contribution in [0.4, 0.5) is 5.69 Å². The minimum Gasteiger partial charge on any atom is -0.325 e. The molecule has 0 saturated carbocycles. The minimum atomic E-state index is -0.257. The van der Waals surface area contributed by atoms with E-state index in [2.05, 4.69) is 5.32 Å². The van der Waals surface area contributed by atoms with Crippen LogP contribution in [0.25, 0.3) is 0 Å². The normalized spacial score (nSPS) is 13.0. The van der Waals surface area contributed by atoms with Crippen LogP contribution in [0.3, 0.4) is 0 Å². The number of amides is 3. The van der Waals surface area contributed by atoms with Gasteiger partial charge in [0.05, 0.1) is 31.9 Å². The van der Waals surface area contributed by atoms with Gasteiger partial charge in [-0.15, -0.1) is 0 Å². The largest absolute Gasteiger partial charge is 0.325 e. The van der Waals surface area contributed by atoms with Gasteiger partial charge in [0.2, 0.25) is 5.91 Å². The molecule has 146 valence electrons. The molecule has 0 aliphatic carbocycles. The van der Waals surface area contributed by atoms with Crippen LogP contribution in [0, 0.1) is 0 Å². The van der Waals surface area contributed by atoms with Crippen LogP contribution in [0.15, 0.2) is 36.4 Å². The molecule has 1 N–H and O–H groups in total. The smallest absolute Gasteiger partial charge is 0.261 e. The number of fused-ring (bicyclic) bond motifs is 1. The Morgan fingerprint density at radius 2 is 1.46 bits per heavy atom. The summed E-state index contributed by atoms with van der Waals surface area (Å²) in [4.78, 5) is 37.9. The van der Waals surface area contributed by atoms with Crippen molar-refractivity contribution >= 4 is 58.2 Å².